The first-order chi connectivity index (χ1) is 6.08. The molecule has 13 heavy (non-hydrogen) atoms. The van der Waals surface area contributed by atoms with Crippen LogP contribution in [0.25, 0.3) is 0 Å². The molecule has 0 aliphatic carbocycles. The van der Waals surface area contributed by atoms with Crippen LogP contribution in [0.15, 0.2) is 30.3 Å². The standard InChI is InChI=1S/C11H13ClS/c1-11(2,8-12)10(13)9-6-4-3-5-7-9/h3-7H,8H2,1-2H3. The third-order valence-electron chi connectivity index (χ3n) is 1.98. The van der Waals surface area contributed by atoms with E-state index in [9.17, 15) is 0 Å². The Balaban J connectivity index is 2.93. The van der Waals surface area contributed by atoms with Gasteiger partial charge in [-0.15, -0.1) is 11.6 Å². The highest BCUT2D eigenvalue weighted by atomic mass is 35.5. The Kier molecular flexibility index (Phi) is 3.46. The van der Waals surface area contributed by atoms with Crippen molar-refractivity contribution >= 4 is 28.7 Å². The summed E-state index contributed by atoms with van der Waals surface area (Å²) in [7, 11) is 0. The topological polar surface area (TPSA) is 0 Å². The van der Waals surface area contributed by atoms with E-state index in [1.54, 1.807) is 0 Å². The molecule has 0 nitrogen and oxygen atoms in total. The zero-order valence-corrected chi connectivity index (χ0v) is 9.45. The molecule has 0 heterocycles. The number of hydrogen-bond donors (Lipinski definition) is 0. The van der Waals surface area contributed by atoms with Gasteiger partial charge < -0.3 is 0 Å². The van der Waals surface area contributed by atoms with E-state index in [2.05, 4.69) is 13.8 Å². The van der Waals surface area contributed by atoms with Gasteiger partial charge in [0.05, 0.1) is 0 Å². The molecule has 1 aromatic rings. The minimum absolute atomic E-state index is 0.0990. The molecule has 0 aliphatic heterocycles. The molecule has 0 aliphatic rings. The van der Waals surface area contributed by atoms with E-state index in [1.165, 1.54) is 0 Å². The van der Waals surface area contributed by atoms with Gasteiger partial charge in [0.1, 0.15) is 0 Å². The van der Waals surface area contributed by atoms with Crippen LogP contribution in [0.1, 0.15) is 19.4 Å². The first-order valence-corrected chi connectivity index (χ1v) is 5.18. The van der Waals surface area contributed by atoms with Crippen molar-refractivity contribution < 1.29 is 0 Å². The van der Waals surface area contributed by atoms with E-state index in [-0.39, 0.29) is 5.41 Å². The van der Waals surface area contributed by atoms with Crippen molar-refractivity contribution in [3.05, 3.63) is 35.9 Å². The van der Waals surface area contributed by atoms with Gasteiger partial charge >= 0.3 is 0 Å². The Morgan fingerprint density at radius 3 is 2.31 bits per heavy atom. The Morgan fingerprint density at radius 1 is 1.31 bits per heavy atom. The lowest BCUT2D eigenvalue weighted by molar-refractivity contribution is 0.610. The summed E-state index contributed by atoms with van der Waals surface area (Å²) < 4.78 is 0. The largest absolute Gasteiger partial charge is 0.126 e. The maximum absolute atomic E-state index is 5.85. The molecule has 0 saturated carbocycles. The van der Waals surface area contributed by atoms with Gasteiger partial charge in [0.2, 0.25) is 0 Å². The number of thiocarbonyl (C=S) groups is 1. The first-order valence-electron chi connectivity index (χ1n) is 4.24. The smallest absolute Gasteiger partial charge is 0.0323 e. The van der Waals surface area contributed by atoms with Crippen LogP contribution in [0.5, 0.6) is 0 Å². The number of halogens is 1. The Labute approximate surface area is 89.9 Å². The van der Waals surface area contributed by atoms with Crippen LogP contribution in [0.2, 0.25) is 0 Å². The summed E-state index contributed by atoms with van der Waals surface area (Å²) in [6, 6.07) is 10.0. The maximum Gasteiger partial charge on any atom is 0.0323 e. The predicted octanol–water partition coefficient (Wildman–Crippen LogP) is 3.67. The van der Waals surface area contributed by atoms with E-state index in [4.69, 9.17) is 23.8 Å². The van der Waals surface area contributed by atoms with E-state index in [0.717, 1.165) is 10.4 Å². The lowest BCUT2D eigenvalue weighted by Gasteiger charge is -2.22. The highest BCUT2D eigenvalue weighted by molar-refractivity contribution is 7.81. The average molecular weight is 213 g/mol. The van der Waals surface area contributed by atoms with Gasteiger partial charge in [0.15, 0.2) is 0 Å². The fourth-order valence-corrected chi connectivity index (χ4v) is 1.46. The van der Waals surface area contributed by atoms with Crippen molar-refractivity contribution in [2.45, 2.75) is 13.8 Å². The molecule has 70 valence electrons. The maximum atomic E-state index is 5.85. The fraction of sp³-hybridized carbons (Fsp3) is 0.364. The molecule has 0 spiro atoms. The Morgan fingerprint density at radius 2 is 1.85 bits per heavy atom. The molecule has 1 aromatic carbocycles. The summed E-state index contributed by atoms with van der Waals surface area (Å²) in [4.78, 5) is 0.933. The lowest BCUT2D eigenvalue weighted by atomic mass is 9.87. The summed E-state index contributed by atoms with van der Waals surface area (Å²) in [5, 5.41) is 0. The average Bonchev–Trinajstić information content (AvgIpc) is 2.18. The molecular formula is C11H13ClS. The van der Waals surface area contributed by atoms with Crippen LogP contribution in [0.4, 0.5) is 0 Å². The third-order valence-corrected chi connectivity index (χ3v) is 3.44. The van der Waals surface area contributed by atoms with Crippen molar-refractivity contribution in [2.24, 2.45) is 5.41 Å². The van der Waals surface area contributed by atoms with Crippen LogP contribution in [0, 0.1) is 5.41 Å². The zero-order valence-electron chi connectivity index (χ0n) is 7.88. The molecule has 0 fully saturated rings. The number of hydrogen-bond acceptors (Lipinski definition) is 1. The molecule has 0 aromatic heterocycles. The van der Waals surface area contributed by atoms with Gasteiger partial charge in [0.25, 0.3) is 0 Å². The van der Waals surface area contributed by atoms with Gasteiger partial charge in [-0.25, -0.2) is 0 Å². The second-order valence-corrected chi connectivity index (χ2v) is 4.39. The second-order valence-electron chi connectivity index (χ2n) is 3.71. The number of rotatable bonds is 3. The fourth-order valence-electron chi connectivity index (χ4n) is 1.04. The molecule has 0 bridgehead atoms. The van der Waals surface area contributed by atoms with Gasteiger partial charge in [0, 0.05) is 16.2 Å². The third kappa shape index (κ3) is 2.52. The minimum Gasteiger partial charge on any atom is -0.126 e. The highest BCUT2D eigenvalue weighted by Gasteiger charge is 2.23. The molecular weight excluding hydrogens is 200 g/mol. The van der Waals surface area contributed by atoms with E-state index < -0.39 is 0 Å². The summed E-state index contributed by atoms with van der Waals surface area (Å²) in [6.07, 6.45) is 0. The van der Waals surface area contributed by atoms with Gasteiger partial charge in [-0.1, -0.05) is 56.4 Å². The van der Waals surface area contributed by atoms with Crippen LogP contribution in [-0.2, 0) is 0 Å². The first kappa shape index (κ1) is 10.7. The van der Waals surface area contributed by atoms with E-state index in [1.807, 2.05) is 30.3 Å². The molecule has 0 atom stereocenters. The van der Waals surface area contributed by atoms with Crippen LogP contribution in [0.3, 0.4) is 0 Å². The lowest BCUT2D eigenvalue weighted by Crippen LogP contribution is -2.24. The molecule has 0 radical (unpaired) electrons. The van der Waals surface area contributed by atoms with Crippen molar-refractivity contribution in [1.82, 2.24) is 0 Å². The molecule has 2 heteroatoms. The van der Waals surface area contributed by atoms with E-state index in [0.29, 0.717) is 5.88 Å². The molecule has 0 unspecified atom stereocenters. The van der Waals surface area contributed by atoms with Crippen LogP contribution in [-0.4, -0.2) is 10.7 Å². The number of alkyl halides is 1. The Hall–Kier alpha value is -0.400. The van der Waals surface area contributed by atoms with Crippen LogP contribution >= 0.6 is 23.8 Å². The summed E-state index contributed by atoms with van der Waals surface area (Å²) >= 11 is 11.2. The van der Waals surface area contributed by atoms with Crippen molar-refractivity contribution in [1.29, 1.82) is 0 Å². The quantitative estimate of drug-likeness (QED) is 0.419. The molecule has 0 N–H and O–H groups in total. The van der Waals surface area contributed by atoms with Gasteiger partial charge in [-0.2, -0.15) is 0 Å². The molecule has 0 amide bonds. The SMILES string of the molecule is CC(C)(CCl)C(=S)c1ccccc1. The molecule has 0 saturated heterocycles. The van der Waals surface area contributed by atoms with Crippen molar-refractivity contribution in [2.75, 3.05) is 5.88 Å². The van der Waals surface area contributed by atoms with Crippen LogP contribution < -0.4 is 0 Å². The molecule has 1 rings (SSSR count). The minimum atomic E-state index is -0.0990. The predicted molar refractivity (Wildman–Crippen MR) is 62.6 cm³/mol. The summed E-state index contributed by atoms with van der Waals surface area (Å²) in [5.41, 5.74) is 1.00. The van der Waals surface area contributed by atoms with Gasteiger partial charge in [-0.3, -0.25) is 0 Å². The second kappa shape index (κ2) is 4.21. The van der Waals surface area contributed by atoms with E-state index >= 15 is 0 Å². The van der Waals surface area contributed by atoms with Crippen molar-refractivity contribution in [3.63, 3.8) is 0 Å². The Bertz CT molecular complexity index is 290. The van der Waals surface area contributed by atoms with Gasteiger partial charge in [-0.05, 0) is 5.56 Å². The normalized spacial score (nSPS) is 11.3. The summed E-state index contributed by atoms with van der Waals surface area (Å²) in [6.45, 7) is 4.13. The zero-order chi connectivity index (χ0) is 9.90. The summed E-state index contributed by atoms with van der Waals surface area (Å²) in [5.74, 6) is 0.556. The monoisotopic (exact) mass is 212 g/mol. The number of benzene rings is 1. The highest BCUT2D eigenvalue weighted by Crippen LogP contribution is 2.24. The van der Waals surface area contributed by atoms with Crippen molar-refractivity contribution in [3.8, 4) is 0 Å².